The van der Waals surface area contributed by atoms with E-state index in [0.29, 0.717) is 17.1 Å². The quantitative estimate of drug-likeness (QED) is 0.472. The summed E-state index contributed by atoms with van der Waals surface area (Å²) in [5.74, 6) is 6.20. The van der Waals surface area contributed by atoms with E-state index in [0.717, 1.165) is 10.6 Å². The van der Waals surface area contributed by atoms with Crippen molar-refractivity contribution in [3.63, 3.8) is 0 Å². The molecule has 5 heteroatoms. The van der Waals surface area contributed by atoms with Crippen molar-refractivity contribution < 1.29 is 14.3 Å². The molecule has 0 bridgehead atoms. The number of nitrogens with zero attached hydrogens (tertiary/aromatic N) is 1. The number of amides is 1. The van der Waals surface area contributed by atoms with Crippen LogP contribution in [0.2, 0.25) is 0 Å². The summed E-state index contributed by atoms with van der Waals surface area (Å²) in [6.07, 6.45) is 0. The molecule has 0 aliphatic heterocycles. The van der Waals surface area contributed by atoms with Crippen molar-refractivity contribution in [1.29, 1.82) is 0 Å². The third-order valence-electron chi connectivity index (χ3n) is 2.27. The Morgan fingerprint density at radius 2 is 1.81 bits per heavy atom. The summed E-state index contributed by atoms with van der Waals surface area (Å²) >= 11 is 0. The third kappa shape index (κ3) is 2.25. The lowest BCUT2D eigenvalue weighted by Gasteiger charge is -2.15. The molecule has 1 aromatic rings. The fourth-order valence-electron chi connectivity index (χ4n) is 1.41. The van der Waals surface area contributed by atoms with Crippen molar-refractivity contribution in [1.82, 2.24) is 5.01 Å². The van der Waals surface area contributed by atoms with Crippen LogP contribution in [0.3, 0.4) is 0 Å². The number of hydrogen-bond donors (Lipinski definition) is 1. The Kier molecular flexibility index (Phi) is 3.73. The monoisotopic (exact) mass is 224 g/mol. The van der Waals surface area contributed by atoms with Gasteiger partial charge in [0.15, 0.2) is 0 Å². The first kappa shape index (κ1) is 12.3. The van der Waals surface area contributed by atoms with Crippen LogP contribution in [0.15, 0.2) is 12.1 Å². The lowest BCUT2D eigenvalue weighted by atomic mass is 10.1. The number of carbonyl (C=O) groups is 1. The predicted molar refractivity (Wildman–Crippen MR) is 60.6 cm³/mol. The first-order chi connectivity index (χ1) is 7.51. The number of aryl methyl sites for hydroxylation is 1. The van der Waals surface area contributed by atoms with Gasteiger partial charge in [0.05, 0.1) is 19.8 Å². The smallest absolute Gasteiger partial charge is 0.271 e. The molecule has 0 aromatic heterocycles. The lowest BCUT2D eigenvalue weighted by molar-refractivity contribution is 0.0791. The van der Waals surface area contributed by atoms with Gasteiger partial charge in [-0.25, -0.2) is 5.84 Å². The first-order valence-corrected chi connectivity index (χ1v) is 4.76. The molecule has 0 saturated carbocycles. The Labute approximate surface area is 94.7 Å². The second-order valence-electron chi connectivity index (χ2n) is 3.44. The number of hydrazine groups is 1. The van der Waals surface area contributed by atoms with Crippen molar-refractivity contribution in [2.45, 2.75) is 6.92 Å². The van der Waals surface area contributed by atoms with Crippen LogP contribution in [-0.2, 0) is 0 Å². The number of carbonyl (C=O) groups excluding carboxylic acids is 1. The molecule has 0 spiro atoms. The van der Waals surface area contributed by atoms with Crippen LogP contribution in [0.25, 0.3) is 0 Å². The highest BCUT2D eigenvalue weighted by Crippen LogP contribution is 2.28. The van der Waals surface area contributed by atoms with Gasteiger partial charge in [-0.2, -0.15) is 0 Å². The molecule has 0 aliphatic rings. The van der Waals surface area contributed by atoms with Gasteiger partial charge in [0.1, 0.15) is 11.5 Å². The van der Waals surface area contributed by atoms with Crippen LogP contribution in [-0.4, -0.2) is 32.2 Å². The molecule has 0 heterocycles. The van der Waals surface area contributed by atoms with Gasteiger partial charge >= 0.3 is 0 Å². The summed E-state index contributed by atoms with van der Waals surface area (Å²) in [6, 6.07) is 3.37. The number of ether oxygens (including phenoxy) is 2. The number of rotatable bonds is 3. The van der Waals surface area contributed by atoms with E-state index in [2.05, 4.69) is 0 Å². The Morgan fingerprint density at radius 1 is 1.25 bits per heavy atom. The Balaban J connectivity index is 3.30. The third-order valence-corrected chi connectivity index (χ3v) is 2.27. The van der Waals surface area contributed by atoms with Gasteiger partial charge in [-0.05, 0) is 24.6 Å². The number of nitrogens with two attached hydrogens (primary N) is 1. The maximum absolute atomic E-state index is 11.8. The second-order valence-corrected chi connectivity index (χ2v) is 3.44. The van der Waals surface area contributed by atoms with Gasteiger partial charge in [-0.1, -0.05) is 0 Å². The molecule has 0 atom stereocenters. The van der Waals surface area contributed by atoms with Crippen molar-refractivity contribution >= 4 is 5.91 Å². The van der Waals surface area contributed by atoms with E-state index in [-0.39, 0.29) is 5.91 Å². The van der Waals surface area contributed by atoms with Gasteiger partial charge in [0.25, 0.3) is 5.91 Å². The molecule has 5 nitrogen and oxygen atoms in total. The van der Waals surface area contributed by atoms with Crippen molar-refractivity contribution in [2.75, 3.05) is 21.3 Å². The molecular weight excluding hydrogens is 208 g/mol. The topological polar surface area (TPSA) is 64.8 Å². The molecule has 0 radical (unpaired) electrons. The Bertz CT molecular complexity index is 402. The molecule has 1 rings (SSSR count). The number of benzene rings is 1. The highest BCUT2D eigenvalue weighted by Gasteiger charge is 2.17. The maximum atomic E-state index is 11.8. The zero-order valence-electron chi connectivity index (χ0n) is 9.90. The molecule has 0 saturated heterocycles. The minimum atomic E-state index is -0.324. The molecule has 2 N–H and O–H groups in total. The van der Waals surface area contributed by atoms with E-state index in [4.69, 9.17) is 15.3 Å². The molecule has 0 unspecified atom stereocenters. The fourth-order valence-corrected chi connectivity index (χ4v) is 1.41. The largest absolute Gasteiger partial charge is 0.496 e. The average Bonchev–Trinajstić information content (AvgIpc) is 2.27. The van der Waals surface area contributed by atoms with Crippen LogP contribution in [0.4, 0.5) is 0 Å². The molecular formula is C11H16N2O3. The second kappa shape index (κ2) is 4.85. The van der Waals surface area contributed by atoms with Gasteiger partial charge < -0.3 is 9.47 Å². The predicted octanol–water partition coefficient (Wildman–Crippen LogP) is 0.958. The molecule has 1 aromatic carbocycles. The van der Waals surface area contributed by atoms with Crippen molar-refractivity contribution in [3.05, 3.63) is 23.3 Å². The van der Waals surface area contributed by atoms with E-state index in [9.17, 15) is 4.79 Å². The zero-order valence-corrected chi connectivity index (χ0v) is 9.90. The minimum absolute atomic E-state index is 0.324. The van der Waals surface area contributed by atoms with Crippen LogP contribution < -0.4 is 15.3 Å². The number of methoxy groups -OCH3 is 2. The van der Waals surface area contributed by atoms with Crippen LogP contribution >= 0.6 is 0 Å². The van der Waals surface area contributed by atoms with Crippen LogP contribution in [0.5, 0.6) is 11.5 Å². The summed E-state index contributed by atoms with van der Waals surface area (Å²) in [7, 11) is 4.54. The summed E-state index contributed by atoms with van der Waals surface area (Å²) < 4.78 is 10.3. The average molecular weight is 224 g/mol. The summed E-state index contributed by atoms with van der Waals surface area (Å²) in [4.78, 5) is 11.8. The van der Waals surface area contributed by atoms with Crippen LogP contribution in [0, 0.1) is 6.92 Å². The normalized spacial score (nSPS) is 9.81. The first-order valence-electron chi connectivity index (χ1n) is 4.76. The van der Waals surface area contributed by atoms with E-state index in [1.54, 1.807) is 19.2 Å². The molecule has 16 heavy (non-hydrogen) atoms. The standard InChI is InChI=1S/C11H16N2O3/c1-7-5-10(16-4)8(6-9(7)15-3)11(14)13(2)12/h5-6H,12H2,1-4H3. The Hall–Kier alpha value is -1.75. The highest BCUT2D eigenvalue weighted by atomic mass is 16.5. The minimum Gasteiger partial charge on any atom is -0.496 e. The van der Waals surface area contributed by atoms with Crippen molar-refractivity contribution in [3.8, 4) is 11.5 Å². The number of hydrogen-bond acceptors (Lipinski definition) is 4. The summed E-state index contributed by atoms with van der Waals surface area (Å²) in [5, 5.41) is 1.01. The van der Waals surface area contributed by atoms with Gasteiger partial charge in [-0.3, -0.25) is 9.80 Å². The molecule has 88 valence electrons. The van der Waals surface area contributed by atoms with Gasteiger partial charge in [-0.15, -0.1) is 0 Å². The molecule has 0 fully saturated rings. The van der Waals surface area contributed by atoms with Gasteiger partial charge in [0.2, 0.25) is 0 Å². The lowest BCUT2D eigenvalue weighted by Crippen LogP contribution is -2.33. The highest BCUT2D eigenvalue weighted by molar-refractivity contribution is 5.97. The van der Waals surface area contributed by atoms with E-state index in [1.165, 1.54) is 14.2 Å². The van der Waals surface area contributed by atoms with Crippen molar-refractivity contribution in [2.24, 2.45) is 5.84 Å². The van der Waals surface area contributed by atoms with E-state index in [1.807, 2.05) is 6.92 Å². The van der Waals surface area contributed by atoms with Gasteiger partial charge in [0, 0.05) is 7.05 Å². The maximum Gasteiger partial charge on any atom is 0.271 e. The summed E-state index contributed by atoms with van der Waals surface area (Å²) in [5.41, 5.74) is 1.28. The summed E-state index contributed by atoms with van der Waals surface area (Å²) in [6.45, 7) is 1.88. The zero-order chi connectivity index (χ0) is 12.3. The molecule has 1 amide bonds. The molecule has 0 aliphatic carbocycles. The fraction of sp³-hybridized carbons (Fsp3) is 0.364. The Morgan fingerprint density at radius 3 is 2.25 bits per heavy atom. The van der Waals surface area contributed by atoms with Crippen LogP contribution in [0.1, 0.15) is 15.9 Å². The van der Waals surface area contributed by atoms with E-state index >= 15 is 0 Å². The SMILES string of the molecule is COc1cc(C(=O)N(C)N)c(OC)cc1C. The van der Waals surface area contributed by atoms with E-state index < -0.39 is 0 Å².